The molecule has 6 nitrogen and oxygen atoms in total. The van der Waals surface area contributed by atoms with Crippen molar-refractivity contribution in [3.8, 4) is 0 Å². The lowest BCUT2D eigenvalue weighted by atomic mass is 10.0. The van der Waals surface area contributed by atoms with Gasteiger partial charge in [0.15, 0.2) is 0 Å². The van der Waals surface area contributed by atoms with Crippen LogP contribution in [0.3, 0.4) is 0 Å². The number of amides is 1. The molecule has 2 aromatic rings. The minimum absolute atomic E-state index is 0.0338. The maximum atomic E-state index is 13.0. The number of aliphatic imine (C=N–C) groups is 1. The van der Waals surface area contributed by atoms with Gasteiger partial charge in [-0.2, -0.15) is 26.3 Å². The molecule has 0 bridgehead atoms. The highest BCUT2D eigenvalue weighted by atomic mass is 19.4. The van der Waals surface area contributed by atoms with Crippen LogP contribution in [0, 0.1) is 0 Å². The summed E-state index contributed by atoms with van der Waals surface area (Å²) in [5.41, 5.74) is -3.48. The van der Waals surface area contributed by atoms with Crippen molar-refractivity contribution in [2.45, 2.75) is 25.3 Å². The van der Waals surface area contributed by atoms with E-state index in [9.17, 15) is 31.1 Å². The molecule has 12 heteroatoms. The monoisotopic (exact) mass is 443 g/mol. The molecule has 31 heavy (non-hydrogen) atoms. The first-order valence-corrected chi connectivity index (χ1v) is 8.82. The topological polar surface area (TPSA) is 70.5 Å². The lowest BCUT2D eigenvalue weighted by Gasteiger charge is -2.25. The van der Waals surface area contributed by atoms with Crippen LogP contribution in [0.5, 0.6) is 0 Å². The van der Waals surface area contributed by atoms with Crippen molar-refractivity contribution in [3.05, 3.63) is 65.7 Å². The fourth-order valence-electron chi connectivity index (χ4n) is 2.75. The number of aromatic nitrogens is 2. The largest absolute Gasteiger partial charge is 0.416 e. The Morgan fingerprint density at radius 3 is 2.16 bits per heavy atom. The van der Waals surface area contributed by atoms with Gasteiger partial charge in [0.2, 0.25) is 5.95 Å². The first kappa shape index (κ1) is 22.2. The second-order valence-electron chi connectivity index (χ2n) is 6.58. The smallest absolute Gasteiger partial charge is 0.344 e. The maximum absolute atomic E-state index is 13.0. The molecule has 2 heterocycles. The number of alkyl halides is 6. The summed E-state index contributed by atoms with van der Waals surface area (Å²) in [6.45, 7) is 1.68. The Labute approximate surface area is 172 Å². The Bertz CT molecular complexity index is 984. The van der Waals surface area contributed by atoms with Crippen molar-refractivity contribution in [2.24, 2.45) is 4.99 Å². The predicted molar refractivity (Wildman–Crippen MR) is 99.3 cm³/mol. The van der Waals surface area contributed by atoms with E-state index in [-0.39, 0.29) is 12.6 Å². The molecular formula is C19H15F6N5O. The molecular weight excluding hydrogens is 428 g/mol. The van der Waals surface area contributed by atoms with Crippen LogP contribution in [0.1, 0.15) is 28.4 Å². The number of hydrogen-bond acceptors (Lipinski definition) is 5. The molecule has 164 valence electrons. The van der Waals surface area contributed by atoms with Gasteiger partial charge in [-0.1, -0.05) is 0 Å². The van der Waals surface area contributed by atoms with E-state index in [1.54, 1.807) is 17.2 Å². The van der Waals surface area contributed by atoms with Gasteiger partial charge in [-0.25, -0.2) is 9.97 Å². The summed E-state index contributed by atoms with van der Waals surface area (Å²) in [6, 6.07) is 1.56. The molecule has 1 amide bonds. The van der Waals surface area contributed by atoms with E-state index in [0.717, 1.165) is 0 Å². The summed E-state index contributed by atoms with van der Waals surface area (Å²) < 4.78 is 78.1. The molecule has 1 atom stereocenters. The van der Waals surface area contributed by atoms with E-state index in [4.69, 9.17) is 0 Å². The van der Waals surface area contributed by atoms with Crippen LogP contribution in [-0.4, -0.2) is 34.2 Å². The Morgan fingerprint density at radius 1 is 1.03 bits per heavy atom. The minimum atomic E-state index is -5.05. The number of nitrogens with zero attached hydrogens (tertiary/aromatic N) is 4. The quantitative estimate of drug-likeness (QED) is 0.724. The van der Waals surface area contributed by atoms with E-state index in [1.165, 1.54) is 25.5 Å². The Hall–Kier alpha value is -3.44. The van der Waals surface area contributed by atoms with Gasteiger partial charge in [0.1, 0.15) is 0 Å². The Balaban J connectivity index is 1.79. The second-order valence-corrected chi connectivity index (χ2v) is 6.58. The standard InChI is InChI=1S/C19H15F6N5O/c1-11(15-10-30(6-5-26-15)17-27-3-2-4-28-17)29-16(31)12-7-13(18(20,21)22)9-14(8-12)19(23,24)25/h2-9,11H,10H2,1H3,(H,29,31). The minimum Gasteiger partial charge on any atom is -0.344 e. The molecule has 1 aliphatic rings. The summed E-state index contributed by atoms with van der Waals surface area (Å²) in [7, 11) is 0. The fourth-order valence-corrected chi connectivity index (χ4v) is 2.75. The van der Waals surface area contributed by atoms with E-state index < -0.39 is 41.0 Å². The zero-order valence-electron chi connectivity index (χ0n) is 15.9. The van der Waals surface area contributed by atoms with E-state index in [2.05, 4.69) is 20.3 Å². The van der Waals surface area contributed by atoms with Crippen molar-refractivity contribution in [1.29, 1.82) is 0 Å². The number of nitrogens with one attached hydrogen (secondary N) is 1. The molecule has 0 saturated heterocycles. The number of benzene rings is 1. The van der Waals surface area contributed by atoms with Crippen molar-refractivity contribution < 1.29 is 31.1 Å². The van der Waals surface area contributed by atoms with Crippen molar-refractivity contribution in [3.63, 3.8) is 0 Å². The predicted octanol–water partition coefficient (Wildman–Crippen LogP) is 4.06. The highest BCUT2D eigenvalue weighted by molar-refractivity contribution is 6.01. The van der Waals surface area contributed by atoms with Gasteiger partial charge >= 0.3 is 12.4 Å². The van der Waals surface area contributed by atoms with Gasteiger partial charge in [-0.05, 0) is 31.2 Å². The van der Waals surface area contributed by atoms with Crippen LogP contribution in [0.4, 0.5) is 32.3 Å². The number of hydrogen-bond donors (Lipinski definition) is 1. The van der Waals surface area contributed by atoms with Crippen molar-refractivity contribution in [1.82, 2.24) is 15.3 Å². The Morgan fingerprint density at radius 2 is 1.61 bits per heavy atom. The lowest BCUT2D eigenvalue weighted by Crippen LogP contribution is -2.44. The number of rotatable bonds is 4. The van der Waals surface area contributed by atoms with Gasteiger partial charge in [-0.15, -0.1) is 0 Å². The summed E-state index contributed by atoms with van der Waals surface area (Å²) in [5, 5.41) is 2.39. The van der Waals surface area contributed by atoms with Crippen molar-refractivity contribution >= 4 is 17.6 Å². The van der Waals surface area contributed by atoms with Crippen LogP contribution < -0.4 is 10.2 Å². The summed E-state index contributed by atoms with van der Waals surface area (Å²) in [4.78, 5) is 26.4. The first-order valence-electron chi connectivity index (χ1n) is 8.82. The van der Waals surface area contributed by atoms with Crippen LogP contribution in [-0.2, 0) is 12.4 Å². The summed E-state index contributed by atoms with van der Waals surface area (Å²) >= 11 is 0. The lowest BCUT2D eigenvalue weighted by molar-refractivity contribution is -0.143. The van der Waals surface area contributed by atoms with Crippen molar-refractivity contribution in [2.75, 3.05) is 11.4 Å². The number of carbonyl (C=O) groups is 1. The third-order valence-corrected chi connectivity index (χ3v) is 4.33. The molecule has 0 aliphatic carbocycles. The number of carbonyl (C=O) groups excluding carboxylic acids is 1. The second kappa shape index (κ2) is 8.36. The van der Waals surface area contributed by atoms with Gasteiger partial charge in [0.05, 0.1) is 29.4 Å². The molecule has 1 aromatic heterocycles. The average Bonchev–Trinajstić information content (AvgIpc) is 2.73. The normalized spacial score (nSPS) is 15.5. The molecule has 1 unspecified atom stereocenters. The number of halogens is 6. The highest BCUT2D eigenvalue weighted by Gasteiger charge is 2.37. The van der Waals surface area contributed by atoms with Gasteiger partial charge < -0.3 is 10.2 Å². The van der Waals surface area contributed by atoms with Crippen LogP contribution >= 0.6 is 0 Å². The molecule has 1 aromatic carbocycles. The molecule has 0 spiro atoms. The summed E-state index contributed by atoms with van der Waals surface area (Å²) in [6.07, 6.45) is -4.02. The fraction of sp³-hybridized carbons (Fsp3) is 0.263. The molecule has 0 saturated carbocycles. The van der Waals surface area contributed by atoms with Crippen LogP contribution in [0.15, 0.2) is 54.1 Å². The molecule has 3 rings (SSSR count). The first-order chi connectivity index (χ1) is 14.4. The average molecular weight is 443 g/mol. The highest BCUT2D eigenvalue weighted by Crippen LogP contribution is 2.36. The van der Waals surface area contributed by atoms with E-state index in [1.807, 2.05) is 0 Å². The SMILES string of the molecule is CC(NC(=O)c1cc(C(F)(F)F)cc(C(F)(F)F)c1)C1=NC=CN(c2ncccn2)C1. The molecule has 0 radical (unpaired) electrons. The number of anilines is 1. The van der Waals surface area contributed by atoms with Crippen LogP contribution in [0.2, 0.25) is 0 Å². The zero-order chi connectivity index (χ0) is 22.8. The zero-order valence-corrected chi connectivity index (χ0v) is 15.9. The molecule has 1 N–H and O–H groups in total. The third-order valence-electron chi connectivity index (χ3n) is 4.33. The van der Waals surface area contributed by atoms with E-state index >= 15 is 0 Å². The van der Waals surface area contributed by atoms with Gasteiger partial charge in [0, 0.05) is 30.4 Å². The van der Waals surface area contributed by atoms with Gasteiger partial charge in [0.25, 0.3) is 5.91 Å². The Kier molecular flexibility index (Phi) is 6.00. The maximum Gasteiger partial charge on any atom is 0.416 e. The van der Waals surface area contributed by atoms with E-state index in [0.29, 0.717) is 23.8 Å². The van der Waals surface area contributed by atoms with Crippen LogP contribution in [0.25, 0.3) is 0 Å². The molecule has 0 fully saturated rings. The third kappa shape index (κ3) is 5.38. The molecule has 1 aliphatic heterocycles. The summed E-state index contributed by atoms with van der Waals surface area (Å²) in [5.74, 6) is -0.735. The van der Waals surface area contributed by atoms with Gasteiger partial charge in [-0.3, -0.25) is 9.79 Å².